The number of hydrogen-bond donors (Lipinski definition) is 0. The molecule has 0 saturated carbocycles. The number of carbonyl (C=O) groups is 2. The van der Waals surface area contributed by atoms with Crippen molar-refractivity contribution >= 4 is 11.8 Å². The lowest BCUT2D eigenvalue weighted by molar-refractivity contribution is -0.458. The van der Waals surface area contributed by atoms with Crippen molar-refractivity contribution in [2.75, 3.05) is 13.7 Å². The molecule has 148 valence electrons. The van der Waals surface area contributed by atoms with Crippen LogP contribution in [0.15, 0.2) is 41.5 Å². The first-order valence-electron chi connectivity index (χ1n) is 9.12. The van der Waals surface area contributed by atoms with Gasteiger partial charge >= 0.3 is 0 Å². The van der Waals surface area contributed by atoms with Gasteiger partial charge in [-0.2, -0.15) is 0 Å². The average molecular weight is 375 g/mol. The zero-order valence-electron chi connectivity index (χ0n) is 17.0. The first kappa shape index (κ1) is 21.3. The van der Waals surface area contributed by atoms with E-state index in [1.165, 1.54) is 4.90 Å². The monoisotopic (exact) mass is 375 g/mol. The highest BCUT2D eigenvalue weighted by molar-refractivity contribution is 6.18. The Kier molecular flexibility index (Phi) is 6.57. The van der Waals surface area contributed by atoms with Crippen LogP contribution in [0.3, 0.4) is 0 Å². The second-order valence-corrected chi connectivity index (χ2v) is 7.50. The van der Waals surface area contributed by atoms with Crippen LogP contribution in [-0.4, -0.2) is 36.2 Å². The van der Waals surface area contributed by atoms with E-state index < -0.39 is 11.4 Å². The molecule has 0 N–H and O–H groups in total. The number of imide groups is 1. The van der Waals surface area contributed by atoms with Gasteiger partial charge in [-0.15, -0.1) is 0 Å². The third-order valence-corrected chi connectivity index (χ3v) is 5.03. The molecule has 6 heteroatoms. The number of benzene rings is 1. The van der Waals surface area contributed by atoms with Crippen molar-refractivity contribution in [2.24, 2.45) is 0 Å². The highest BCUT2D eigenvalue weighted by atomic mass is 17.2. The van der Waals surface area contributed by atoms with Gasteiger partial charge in [-0.3, -0.25) is 14.5 Å². The van der Waals surface area contributed by atoms with Crippen LogP contribution in [0.4, 0.5) is 0 Å². The van der Waals surface area contributed by atoms with Crippen molar-refractivity contribution in [2.45, 2.75) is 58.8 Å². The molecule has 1 aromatic carbocycles. The van der Waals surface area contributed by atoms with E-state index in [9.17, 15) is 9.59 Å². The van der Waals surface area contributed by atoms with Gasteiger partial charge in [0.15, 0.2) is 5.79 Å². The number of ether oxygens (including phenoxy) is 1. The summed E-state index contributed by atoms with van der Waals surface area (Å²) < 4.78 is 5.48. The van der Waals surface area contributed by atoms with Gasteiger partial charge in [0.05, 0.1) is 0 Å². The van der Waals surface area contributed by atoms with Crippen molar-refractivity contribution in [3.8, 4) is 0 Å². The Labute approximate surface area is 161 Å². The van der Waals surface area contributed by atoms with Gasteiger partial charge < -0.3 is 4.74 Å². The molecule has 1 unspecified atom stereocenters. The molecule has 1 aromatic rings. The fourth-order valence-corrected chi connectivity index (χ4v) is 2.84. The van der Waals surface area contributed by atoms with Gasteiger partial charge in [0, 0.05) is 31.2 Å². The third-order valence-electron chi connectivity index (χ3n) is 5.03. The summed E-state index contributed by atoms with van der Waals surface area (Å²) in [5.74, 6) is -1.44. The van der Waals surface area contributed by atoms with Crippen LogP contribution in [0.1, 0.15) is 53.0 Å². The van der Waals surface area contributed by atoms with E-state index in [2.05, 4.69) is 0 Å². The molecule has 2 rings (SSSR count). The normalized spacial score (nSPS) is 17.6. The van der Waals surface area contributed by atoms with Gasteiger partial charge in [0.2, 0.25) is 0 Å². The standard InChI is InChI=1S/C21H29NO5/c1-15-16(2)19(24)22(18(15)23)14-10-13-21(5,25-6)27-26-20(3,4)17-11-8-7-9-12-17/h7-9,11-12H,10,13-14H2,1-6H3. The van der Waals surface area contributed by atoms with Crippen molar-refractivity contribution in [3.05, 3.63) is 47.0 Å². The maximum absolute atomic E-state index is 12.1. The highest BCUT2D eigenvalue weighted by Gasteiger charge is 2.35. The summed E-state index contributed by atoms with van der Waals surface area (Å²) >= 11 is 0. The summed E-state index contributed by atoms with van der Waals surface area (Å²) in [6.45, 7) is 9.27. The number of rotatable bonds is 9. The molecular weight excluding hydrogens is 346 g/mol. The number of amides is 2. The predicted octanol–water partition coefficient (Wildman–Crippen LogP) is 3.72. The minimum atomic E-state index is -0.991. The van der Waals surface area contributed by atoms with E-state index in [-0.39, 0.29) is 11.8 Å². The molecule has 2 amide bonds. The quantitative estimate of drug-likeness (QED) is 0.285. The Bertz CT molecular complexity index is 701. The SMILES string of the molecule is COC(C)(CCCN1C(=O)C(C)=C(C)C1=O)OOC(C)(C)c1ccccc1. The van der Waals surface area contributed by atoms with E-state index in [1.54, 1.807) is 27.9 Å². The molecule has 0 aliphatic carbocycles. The van der Waals surface area contributed by atoms with Crippen LogP contribution in [0, 0.1) is 0 Å². The molecule has 27 heavy (non-hydrogen) atoms. The summed E-state index contributed by atoms with van der Waals surface area (Å²) in [5, 5.41) is 0. The lowest BCUT2D eigenvalue weighted by atomic mass is 9.99. The first-order valence-corrected chi connectivity index (χ1v) is 9.12. The number of hydrogen-bond acceptors (Lipinski definition) is 5. The lowest BCUT2D eigenvalue weighted by Gasteiger charge is -2.32. The maximum atomic E-state index is 12.1. The lowest BCUT2D eigenvalue weighted by Crippen LogP contribution is -2.37. The van der Waals surface area contributed by atoms with Gasteiger partial charge in [-0.05, 0) is 46.6 Å². The topological polar surface area (TPSA) is 65.1 Å². The highest BCUT2D eigenvalue weighted by Crippen LogP contribution is 2.29. The van der Waals surface area contributed by atoms with E-state index >= 15 is 0 Å². The van der Waals surface area contributed by atoms with E-state index in [1.807, 2.05) is 44.2 Å². The van der Waals surface area contributed by atoms with Crippen LogP contribution in [0.25, 0.3) is 0 Å². The third kappa shape index (κ3) is 4.83. The maximum Gasteiger partial charge on any atom is 0.256 e. The Balaban J connectivity index is 1.90. The molecule has 1 heterocycles. The predicted molar refractivity (Wildman–Crippen MR) is 101 cm³/mol. The number of carbonyl (C=O) groups excluding carboxylic acids is 2. The van der Waals surface area contributed by atoms with E-state index in [0.29, 0.717) is 30.5 Å². The van der Waals surface area contributed by atoms with Crippen LogP contribution >= 0.6 is 0 Å². The Morgan fingerprint density at radius 2 is 1.48 bits per heavy atom. The molecule has 1 aliphatic rings. The number of methoxy groups -OCH3 is 1. The van der Waals surface area contributed by atoms with Gasteiger partial charge in [-0.25, -0.2) is 9.78 Å². The van der Waals surface area contributed by atoms with Crippen molar-refractivity contribution in [1.82, 2.24) is 4.90 Å². The summed E-state index contributed by atoms with van der Waals surface area (Å²) in [6, 6.07) is 9.76. The average Bonchev–Trinajstić information content (AvgIpc) is 2.85. The molecule has 0 spiro atoms. The molecule has 0 bridgehead atoms. The van der Waals surface area contributed by atoms with E-state index in [0.717, 1.165) is 5.56 Å². The number of nitrogens with zero attached hydrogens (tertiary/aromatic N) is 1. The Morgan fingerprint density at radius 3 is 2.00 bits per heavy atom. The zero-order chi connectivity index (χ0) is 20.2. The molecule has 0 radical (unpaired) electrons. The summed E-state index contributed by atoms with van der Waals surface area (Å²) in [4.78, 5) is 36.9. The zero-order valence-corrected chi connectivity index (χ0v) is 17.0. The second-order valence-electron chi connectivity index (χ2n) is 7.50. The fourth-order valence-electron chi connectivity index (χ4n) is 2.84. The van der Waals surface area contributed by atoms with Crippen LogP contribution < -0.4 is 0 Å². The van der Waals surface area contributed by atoms with Crippen molar-refractivity contribution in [1.29, 1.82) is 0 Å². The van der Waals surface area contributed by atoms with Crippen LogP contribution in [-0.2, 0) is 29.7 Å². The van der Waals surface area contributed by atoms with Crippen LogP contribution in [0.2, 0.25) is 0 Å². The van der Waals surface area contributed by atoms with Gasteiger partial charge in [-0.1, -0.05) is 30.3 Å². The molecule has 0 fully saturated rings. The summed E-state index contributed by atoms with van der Waals surface area (Å²) in [6.07, 6.45) is 1.00. The molecule has 0 aromatic heterocycles. The Morgan fingerprint density at radius 1 is 0.926 bits per heavy atom. The smallest absolute Gasteiger partial charge is 0.256 e. The van der Waals surface area contributed by atoms with Gasteiger partial charge in [0.1, 0.15) is 5.60 Å². The fraction of sp³-hybridized carbons (Fsp3) is 0.524. The molecule has 6 nitrogen and oxygen atoms in total. The molecule has 1 aliphatic heterocycles. The van der Waals surface area contributed by atoms with Crippen molar-refractivity contribution < 1.29 is 24.1 Å². The van der Waals surface area contributed by atoms with E-state index in [4.69, 9.17) is 14.5 Å². The summed E-state index contributed by atoms with van der Waals surface area (Å²) in [5.41, 5.74) is 1.35. The first-order chi connectivity index (χ1) is 12.6. The minimum Gasteiger partial charge on any atom is -0.351 e. The largest absolute Gasteiger partial charge is 0.351 e. The second kappa shape index (κ2) is 8.33. The van der Waals surface area contributed by atoms with Crippen LogP contribution in [0.5, 0.6) is 0 Å². The minimum absolute atomic E-state index is 0.223. The summed E-state index contributed by atoms with van der Waals surface area (Å²) in [7, 11) is 1.54. The molecule has 0 saturated heterocycles. The molecular formula is C21H29NO5. The van der Waals surface area contributed by atoms with Gasteiger partial charge in [0.25, 0.3) is 11.8 Å². The molecule has 1 atom stereocenters. The van der Waals surface area contributed by atoms with Crippen molar-refractivity contribution in [3.63, 3.8) is 0 Å². The Hall–Kier alpha value is -2.02.